The molecule has 4 N–H and O–H groups in total. The third kappa shape index (κ3) is 7.19. The number of allylic oxidation sites excluding steroid dienone is 2. The zero-order chi connectivity index (χ0) is 35.8. The van der Waals surface area contributed by atoms with Crippen molar-refractivity contribution in [3.63, 3.8) is 0 Å². The smallest absolute Gasteiger partial charge is 0.359 e. The maximum absolute atomic E-state index is 13.4. The predicted octanol–water partition coefficient (Wildman–Crippen LogP) is 4.39. The molecule has 4 atom stereocenters. The number of aliphatic hydroxyl groups is 1. The van der Waals surface area contributed by atoms with Gasteiger partial charge in [-0.05, 0) is 96.0 Å². The highest BCUT2D eigenvalue weighted by Crippen LogP contribution is 2.38. The van der Waals surface area contributed by atoms with Crippen LogP contribution in [0.3, 0.4) is 0 Å². The number of nitrogens with one attached hydrogen (secondary N) is 2. The number of aromatic hydroxyl groups is 1. The number of phenols is 1. The number of H-pyrrole nitrogens is 1. The number of aromatic nitrogens is 1. The fourth-order valence-corrected chi connectivity index (χ4v) is 5.72. The van der Waals surface area contributed by atoms with Crippen molar-refractivity contribution < 1.29 is 48.3 Å². The van der Waals surface area contributed by atoms with E-state index < -0.39 is 59.1 Å². The van der Waals surface area contributed by atoms with Gasteiger partial charge in [0.15, 0.2) is 12.2 Å². The molecule has 1 fully saturated rings. The normalized spacial score (nSPS) is 20.1. The third-order valence-corrected chi connectivity index (χ3v) is 8.35. The number of aryl methyl sites for hydroxylation is 2. The molecule has 0 unspecified atom stereocenters. The molecule has 1 aliphatic heterocycles. The number of aliphatic hydroxyl groups excluding tert-OH is 1. The Morgan fingerprint density at radius 1 is 1.12 bits per heavy atom. The predicted molar refractivity (Wildman–Crippen MR) is 177 cm³/mol. The fourth-order valence-electron chi connectivity index (χ4n) is 5.72. The van der Waals surface area contributed by atoms with Crippen molar-refractivity contribution in [1.29, 1.82) is 0 Å². The lowest BCUT2D eigenvalue weighted by molar-refractivity contribution is -0.305. The number of fused-ring (bicyclic) bond motifs is 1. The molecule has 13 heteroatoms. The summed E-state index contributed by atoms with van der Waals surface area (Å²) in [6.45, 7) is 10.5. The molecule has 1 aliphatic rings. The second-order valence-corrected chi connectivity index (χ2v) is 12.7. The topological polar surface area (TPSA) is 193 Å². The molecule has 13 nitrogen and oxygen atoms in total. The Hall–Kier alpha value is -5.11. The zero-order valence-electron chi connectivity index (χ0n) is 28.2. The van der Waals surface area contributed by atoms with Crippen LogP contribution in [0.2, 0.25) is 0 Å². The van der Waals surface area contributed by atoms with Gasteiger partial charge < -0.3 is 49.0 Å². The number of esters is 1. The van der Waals surface area contributed by atoms with Crippen LogP contribution in [-0.4, -0.2) is 64.4 Å². The summed E-state index contributed by atoms with van der Waals surface area (Å²) in [4.78, 5) is 41.9. The van der Waals surface area contributed by atoms with Crippen LogP contribution in [0.25, 0.3) is 11.0 Å². The summed E-state index contributed by atoms with van der Waals surface area (Å²) < 4.78 is 28.9. The van der Waals surface area contributed by atoms with Crippen LogP contribution in [0, 0.1) is 13.8 Å². The van der Waals surface area contributed by atoms with Crippen molar-refractivity contribution in [2.45, 2.75) is 78.2 Å². The number of methoxy groups -OCH3 is 1. The largest absolute Gasteiger partial charge is 0.870 e. The van der Waals surface area contributed by atoms with E-state index in [-0.39, 0.29) is 39.3 Å². The molecule has 0 aliphatic carbocycles. The first-order valence-corrected chi connectivity index (χ1v) is 15.6. The van der Waals surface area contributed by atoms with Gasteiger partial charge in [0.25, 0.3) is 5.91 Å². The zero-order valence-corrected chi connectivity index (χ0v) is 28.2. The molecule has 0 bridgehead atoms. The van der Waals surface area contributed by atoms with E-state index in [4.69, 9.17) is 23.4 Å². The molecule has 49 heavy (non-hydrogen) atoms. The lowest BCUT2D eigenvalue weighted by Crippen LogP contribution is -2.65. The molecule has 0 spiro atoms. The molecule has 260 valence electrons. The lowest BCUT2D eigenvalue weighted by Gasteiger charge is -2.47. The minimum atomic E-state index is -1.52. The molecule has 2 aromatic heterocycles. The van der Waals surface area contributed by atoms with Crippen molar-refractivity contribution >= 4 is 28.5 Å². The van der Waals surface area contributed by atoms with E-state index in [0.717, 1.165) is 11.3 Å². The van der Waals surface area contributed by atoms with E-state index in [1.54, 1.807) is 39.8 Å². The molecule has 1 saturated heterocycles. The van der Waals surface area contributed by atoms with Gasteiger partial charge in [-0.2, -0.15) is 0 Å². The number of benzene rings is 2. The number of hydrogen-bond acceptors (Lipinski definition) is 11. The van der Waals surface area contributed by atoms with Gasteiger partial charge >= 0.3 is 11.6 Å². The number of anilines is 1. The maximum atomic E-state index is 13.4. The Labute approximate surface area is 282 Å². The van der Waals surface area contributed by atoms with E-state index in [0.29, 0.717) is 12.0 Å². The quantitative estimate of drug-likeness (QED) is 0.112. The van der Waals surface area contributed by atoms with E-state index >= 15 is 0 Å². The molecular weight excluding hydrogens is 636 g/mol. The van der Waals surface area contributed by atoms with E-state index in [1.165, 1.54) is 37.4 Å². The molecule has 4 aromatic rings. The van der Waals surface area contributed by atoms with Crippen LogP contribution in [0.1, 0.15) is 65.4 Å². The van der Waals surface area contributed by atoms with Gasteiger partial charge in [-0.15, -0.1) is 0 Å². The number of phenolic OH excluding ortho intramolecular Hbond substituents is 1. The molecule has 1 amide bonds. The number of rotatable bonds is 9. The molecule has 3 heterocycles. The Morgan fingerprint density at radius 2 is 1.86 bits per heavy atom. The number of ether oxygens (including phenoxy) is 4. The summed E-state index contributed by atoms with van der Waals surface area (Å²) in [6, 6.07) is 10.3. The van der Waals surface area contributed by atoms with Crippen LogP contribution in [0.15, 0.2) is 63.3 Å². The van der Waals surface area contributed by atoms with Crippen molar-refractivity contribution in [2.75, 3.05) is 12.4 Å². The van der Waals surface area contributed by atoms with Gasteiger partial charge in [0, 0.05) is 29.3 Å². The van der Waals surface area contributed by atoms with Gasteiger partial charge in [0.05, 0.1) is 5.60 Å². The highest BCUT2D eigenvalue weighted by atomic mass is 16.7. The number of carbonyl (C=O) groups excluding carboxylic acids is 2. The minimum Gasteiger partial charge on any atom is -0.870 e. The van der Waals surface area contributed by atoms with Crippen molar-refractivity contribution in [3.05, 3.63) is 92.6 Å². The molecule has 2 aromatic carbocycles. The summed E-state index contributed by atoms with van der Waals surface area (Å²) in [6.07, 6.45) is -2.69. The first-order valence-electron chi connectivity index (χ1n) is 15.6. The van der Waals surface area contributed by atoms with Gasteiger partial charge in [-0.1, -0.05) is 17.4 Å². The first kappa shape index (κ1) is 35.2. The van der Waals surface area contributed by atoms with Crippen LogP contribution in [-0.2, 0) is 20.6 Å². The minimum absolute atomic E-state index is 0.00682. The summed E-state index contributed by atoms with van der Waals surface area (Å²) >= 11 is 0. The van der Waals surface area contributed by atoms with Gasteiger partial charge in [-0.3, -0.25) is 4.79 Å². The summed E-state index contributed by atoms with van der Waals surface area (Å²) in [5.74, 6) is -2.10. The fraction of sp³-hybridized carbons (Fsp3) is 0.361. The SMILES string of the molecule is CO[C@@H]1[C@@H](OC(=O)c2ccc(C)[nH]2)[C@@H](O)[C@H](Oc2ccc3c([O-])c(NC(=O)c4ccc(O)c(CC=C(C)C)c4)c(=O)oc3c2C)OC1(C)C. The highest BCUT2D eigenvalue weighted by Gasteiger charge is 2.53. The van der Waals surface area contributed by atoms with Crippen molar-refractivity contribution in [1.82, 2.24) is 4.98 Å². The van der Waals surface area contributed by atoms with Crippen LogP contribution >= 0.6 is 0 Å². The van der Waals surface area contributed by atoms with Crippen LogP contribution < -0.4 is 20.8 Å². The molecule has 0 saturated carbocycles. The number of carbonyl (C=O) groups is 2. The van der Waals surface area contributed by atoms with Crippen LogP contribution in [0.5, 0.6) is 17.2 Å². The lowest BCUT2D eigenvalue weighted by atomic mass is 9.89. The monoisotopic (exact) mass is 675 g/mol. The third-order valence-electron chi connectivity index (χ3n) is 8.35. The average molecular weight is 676 g/mol. The number of amides is 1. The molecule has 0 radical (unpaired) electrons. The summed E-state index contributed by atoms with van der Waals surface area (Å²) in [5, 5.41) is 37.3. The molecule has 5 rings (SSSR count). The summed E-state index contributed by atoms with van der Waals surface area (Å²) in [7, 11) is 1.41. The number of hydrogen-bond donors (Lipinski definition) is 4. The van der Waals surface area contributed by atoms with Crippen LogP contribution in [0.4, 0.5) is 5.69 Å². The van der Waals surface area contributed by atoms with Crippen molar-refractivity contribution in [3.8, 4) is 17.2 Å². The van der Waals surface area contributed by atoms with E-state index in [9.17, 15) is 29.7 Å². The van der Waals surface area contributed by atoms with E-state index in [2.05, 4.69) is 10.3 Å². The Balaban J connectivity index is 1.40. The van der Waals surface area contributed by atoms with Gasteiger partial charge in [-0.25, -0.2) is 9.59 Å². The highest BCUT2D eigenvalue weighted by molar-refractivity contribution is 6.06. The van der Waals surface area contributed by atoms with Gasteiger partial charge in [0.2, 0.25) is 6.29 Å². The Morgan fingerprint density at radius 3 is 2.51 bits per heavy atom. The Kier molecular flexibility index (Phi) is 9.90. The van der Waals surface area contributed by atoms with Crippen molar-refractivity contribution in [2.24, 2.45) is 0 Å². The maximum Gasteiger partial charge on any atom is 0.359 e. The second-order valence-electron chi connectivity index (χ2n) is 12.7. The first-order chi connectivity index (χ1) is 23.1. The number of aromatic amines is 1. The average Bonchev–Trinajstić information content (AvgIpc) is 3.48. The Bertz CT molecular complexity index is 1990. The molecular formula is C36H39N2O11-. The standard InChI is InChI=1S/C36H40N2O11/c1-17(2)8-10-20-16-21(11-14-24(20)39)32(42)38-26-27(40)22-12-15-25(19(4)29(22)47-34(26)44)46-35-28(41)30(31(45-7)36(5,6)49-35)48-33(43)23-13-9-18(3)37-23/h8-9,11-16,28,30-31,35,37,39-41H,10H2,1-7H3,(H,38,42)/p-1/t28-,30+,31-,35-/m1/s1. The summed E-state index contributed by atoms with van der Waals surface area (Å²) in [5.41, 5.74) is -0.0210. The van der Waals surface area contributed by atoms with E-state index in [1.807, 2.05) is 19.9 Å². The second kappa shape index (κ2) is 13.8. The van der Waals surface area contributed by atoms with Gasteiger partial charge in [0.1, 0.15) is 34.6 Å².